The van der Waals surface area contributed by atoms with Crippen LogP contribution in [0.1, 0.15) is 48.4 Å². The minimum Gasteiger partial charge on any atom is -0.377 e. The molecule has 0 bridgehead atoms. The van der Waals surface area contributed by atoms with E-state index < -0.39 is 0 Å². The molecule has 2 atom stereocenters. The highest BCUT2D eigenvalue weighted by Crippen LogP contribution is 2.39. The Morgan fingerprint density at radius 2 is 1.90 bits per heavy atom. The van der Waals surface area contributed by atoms with Gasteiger partial charge in [0.05, 0.1) is 28.4 Å². The van der Waals surface area contributed by atoms with Crippen molar-refractivity contribution in [2.24, 2.45) is 0 Å². The van der Waals surface area contributed by atoms with E-state index >= 15 is 0 Å². The number of hydrogen-bond acceptors (Lipinski definition) is 2. The Hall–Kier alpha value is -1.98. The summed E-state index contributed by atoms with van der Waals surface area (Å²) in [5.74, 6) is 0.607. The number of benzene rings is 2. The van der Waals surface area contributed by atoms with Gasteiger partial charge in [-0.25, -0.2) is 0 Å². The minimum absolute atomic E-state index is 0.280. The molecule has 3 rings (SSSR count). The van der Waals surface area contributed by atoms with Crippen molar-refractivity contribution in [3.63, 3.8) is 0 Å². The Labute approximate surface area is 130 Å². The minimum atomic E-state index is 0.280. The van der Waals surface area contributed by atoms with Crippen molar-refractivity contribution in [3.8, 4) is 6.07 Å². The Kier molecular flexibility index (Phi) is 3.86. The maximum absolute atomic E-state index is 8.90. The number of fused-ring (bicyclic) bond motifs is 1. The molecule has 106 valence electrons. The first-order chi connectivity index (χ1) is 10.2. The summed E-state index contributed by atoms with van der Waals surface area (Å²) in [7, 11) is 0. The number of nitrogens with zero attached hydrogens (tertiary/aromatic N) is 1. The van der Waals surface area contributed by atoms with Crippen LogP contribution < -0.4 is 5.32 Å². The van der Waals surface area contributed by atoms with Crippen LogP contribution in [0.15, 0.2) is 42.5 Å². The topological polar surface area (TPSA) is 35.8 Å². The number of nitrogens with one attached hydrogen (secondary N) is 1. The first kappa shape index (κ1) is 14.0. The van der Waals surface area contributed by atoms with Gasteiger partial charge in [-0.1, -0.05) is 42.8 Å². The number of halogens is 1. The molecule has 3 heteroatoms. The van der Waals surface area contributed by atoms with Gasteiger partial charge in [0.25, 0.3) is 0 Å². The third-order valence-corrected chi connectivity index (χ3v) is 4.53. The summed E-state index contributed by atoms with van der Waals surface area (Å²) in [6.07, 6.45) is 2.26. The van der Waals surface area contributed by atoms with Gasteiger partial charge >= 0.3 is 0 Å². The molecule has 21 heavy (non-hydrogen) atoms. The van der Waals surface area contributed by atoms with Crippen LogP contribution in [0.3, 0.4) is 0 Å². The quantitative estimate of drug-likeness (QED) is 0.820. The molecule has 2 aromatic carbocycles. The first-order valence-electron chi connectivity index (χ1n) is 7.24. The lowest BCUT2D eigenvalue weighted by Gasteiger charge is -2.31. The molecule has 0 aromatic heterocycles. The van der Waals surface area contributed by atoms with Gasteiger partial charge in [0.15, 0.2) is 0 Å². The summed E-state index contributed by atoms with van der Waals surface area (Å²) >= 11 is 6.27. The molecule has 0 fully saturated rings. The zero-order valence-electron chi connectivity index (χ0n) is 11.9. The molecule has 1 aliphatic carbocycles. The molecule has 2 aromatic rings. The van der Waals surface area contributed by atoms with Crippen molar-refractivity contribution in [2.75, 3.05) is 5.32 Å². The predicted octanol–water partition coefficient (Wildman–Crippen LogP) is 5.26. The van der Waals surface area contributed by atoms with Gasteiger partial charge in [0.2, 0.25) is 0 Å². The van der Waals surface area contributed by atoms with Crippen molar-refractivity contribution in [3.05, 3.63) is 64.2 Å². The SMILES string of the molecule is CC1CCC(Nc2ccc(C#N)cc2Cl)c2ccccc21. The molecule has 1 aliphatic rings. The highest BCUT2D eigenvalue weighted by molar-refractivity contribution is 6.33. The fourth-order valence-corrected chi connectivity index (χ4v) is 3.28. The van der Waals surface area contributed by atoms with E-state index in [1.165, 1.54) is 17.5 Å². The van der Waals surface area contributed by atoms with Gasteiger partial charge in [-0.2, -0.15) is 5.26 Å². The van der Waals surface area contributed by atoms with E-state index in [4.69, 9.17) is 16.9 Å². The van der Waals surface area contributed by atoms with Crippen molar-refractivity contribution in [1.29, 1.82) is 5.26 Å². The van der Waals surface area contributed by atoms with Crippen LogP contribution in [0.2, 0.25) is 5.02 Å². The molecule has 1 N–H and O–H groups in total. The summed E-state index contributed by atoms with van der Waals surface area (Å²) in [6, 6.07) is 16.4. The summed E-state index contributed by atoms with van der Waals surface area (Å²) in [4.78, 5) is 0. The lowest BCUT2D eigenvalue weighted by molar-refractivity contribution is 0.535. The predicted molar refractivity (Wildman–Crippen MR) is 86.6 cm³/mol. The highest BCUT2D eigenvalue weighted by Gasteiger charge is 2.24. The van der Waals surface area contributed by atoms with Crippen molar-refractivity contribution in [1.82, 2.24) is 0 Å². The Bertz CT molecular complexity index is 703. The van der Waals surface area contributed by atoms with Gasteiger partial charge in [-0.15, -0.1) is 0 Å². The van der Waals surface area contributed by atoms with Gasteiger partial charge in [-0.3, -0.25) is 0 Å². The van der Waals surface area contributed by atoms with E-state index in [0.717, 1.165) is 12.1 Å². The summed E-state index contributed by atoms with van der Waals surface area (Å²) in [5.41, 5.74) is 4.26. The normalized spacial score (nSPS) is 20.4. The van der Waals surface area contributed by atoms with Crippen LogP contribution in [0, 0.1) is 11.3 Å². The lowest BCUT2D eigenvalue weighted by Crippen LogP contribution is -2.19. The lowest BCUT2D eigenvalue weighted by atomic mass is 9.81. The van der Waals surface area contributed by atoms with Crippen molar-refractivity contribution in [2.45, 2.75) is 31.7 Å². The Balaban J connectivity index is 1.90. The molecule has 0 spiro atoms. The van der Waals surface area contributed by atoms with Crippen LogP contribution in [-0.2, 0) is 0 Å². The summed E-state index contributed by atoms with van der Waals surface area (Å²) in [6.45, 7) is 2.28. The average Bonchev–Trinajstić information content (AvgIpc) is 2.52. The molecule has 0 amide bonds. The molecular weight excluding hydrogens is 280 g/mol. The molecular formula is C18H17ClN2. The van der Waals surface area contributed by atoms with E-state index in [1.54, 1.807) is 12.1 Å². The van der Waals surface area contributed by atoms with Gasteiger partial charge < -0.3 is 5.32 Å². The first-order valence-corrected chi connectivity index (χ1v) is 7.62. The van der Waals surface area contributed by atoms with Crippen LogP contribution in [-0.4, -0.2) is 0 Å². The molecule has 0 aliphatic heterocycles. The smallest absolute Gasteiger partial charge is 0.0992 e. The van der Waals surface area contributed by atoms with Crippen LogP contribution >= 0.6 is 11.6 Å². The van der Waals surface area contributed by atoms with Crippen molar-refractivity contribution < 1.29 is 0 Å². The molecule has 2 nitrogen and oxygen atoms in total. The van der Waals surface area contributed by atoms with Crippen LogP contribution in [0.4, 0.5) is 5.69 Å². The summed E-state index contributed by atoms with van der Waals surface area (Å²) < 4.78 is 0. The van der Waals surface area contributed by atoms with E-state index in [-0.39, 0.29) is 6.04 Å². The molecule has 0 heterocycles. The standard InChI is InChI=1S/C18H17ClN2/c1-12-6-8-17(15-5-3-2-4-14(12)15)21-18-9-7-13(11-20)10-16(18)19/h2-5,7,9-10,12,17,21H,6,8H2,1H3. The maximum atomic E-state index is 8.90. The van der Waals surface area contributed by atoms with Crippen molar-refractivity contribution >= 4 is 17.3 Å². The third-order valence-electron chi connectivity index (χ3n) is 4.22. The number of anilines is 1. The van der Waals surface area contributed by atoms with E-state index in [0.29, 0.717) is 16.5 Å². The van der Waals surface area contributed by atoms with Gasteiger partial charge in [0, 0.05) is 0 Å². The number of hydrogen-bond donors (Lipinski definition) is 1. The average molecular weight is 297 g/mol. The van der Waals surface area contributed by atoms with E-state index in [2.05, 4.69) is 42.6 Å². The fourth-order valence-electron chi connectivity index (χ4n) is 3.04. The highest BCUT2D eigenvalue weighted by atomic mass is 35.5. The van der Waals surface area contributed by atoms with E-state index in [1.807, 2.05) is 6.07 Å². The Morgan fingerprint density at radius 3 is 2.62 bits per heavy atom. The largest absolute Gasteiger partial charge is 0.377 e. The monoisotopic (exact) mass is 296 g/mol. The molecule has 0 radical (unpaired) electrons. The second-order valence-electron chi connectivity index (χ2n) is 5.61. The van der Waals surface area contributed by atoms with Crippen LogP contribution in [0.5, 0.6) is 0 Å². The maximum Gasteiger partial charge on any atom is 0.0992 e. The Morgan fingerprint density at radius 1 is 1.14 bits per heavy atom. The zero-order valence-corrected chi connectivity index (χ0v) is 12.7. The van der Waals surface area contributed by atoms with Gasteiger partial charge in [0.1, 0.15) is 0 Å². The zero-order chi connectivity index (χ0) is 14.8. The summed E-state index contributed by atoms with van der Waals surface area (Å²) in [5, 5.41) is 13.0. The number of nitriles is 1. The van der Waals surface area contributed by atoms with Crippen LogP contribution in [0.25, 0.3) is 0 Å². The molecule has 0 saturated heterocycles. The number of rotatable bonds is 2. The molecule has 2 unspecified atom stereocenters. The third kappa shape index (κ3) is 2.75. The van der Waals surface area contributed by atoms with E-state index in [9.17, 15) is 0 Å². The van der Waals surface area contributed by atoms with Gasteiger partial charge in [-0.05, 0) is 48.1 Å². The second-order valence-corrected chi connectivity index (χ2v) is 6.02. The second kappa shape index (κ2) is 5.79. The molecule has 0 saturated carbocycles. The fraction of sp³-hybridized carbons (Fsp3) is 0.278.